The van der Waals surface area contributed by atoms with Crippen LogP contribution >= 0.6 is 46.4 Å². The molecule has 0 saturated heterocycles. The molecule has 23 heavy (non-hydrogen) atoms. The summed E-state index contributed by atoms with van der Waals surface area (Å²) in [5.41, 5.74) is 0.0677. The van der Waals surface area contributed by atoms with Gasteiger partial charge in [0.05, 0.1) is 25.7 Å². The second kappa shape index (κ2) is 7.36. The molecule has 4 nitrogen and oxygen atoms in total. The van der Waals surface area contributed by atoms with Crippen LogP contribution in [-0.4, -0.2) is 11.9 Å². The number of carbonyl (C=O) groups excluding carboxylic acids is 2. The van der Waals surface area contributed by atoms with Gasteiger partial charge in [0.2, 0.25) is 0 Å². The van der Waals surface area contributed by atoms with Crippen molar-refractivity contribution in [1.82, 2.24) is 5.32 Å². The van der Waals surface area contributed by atoms with Crippen LogP contribution in [0.1, 0.15) is 10.4 Å². The van der Waals surface area contributed by atoms with Crippen LogP contribution in [-0.2, 0) is 0 Å². The molecule has 0 aliphatic carbocycles. The average Bonchev–Trinajstić information content (AvgIpc) is 2.44. The van der Waals surface area contributed by atoms with Crippen LogP contribution in [0.5, 0.6) is 0 Å². The smallest absolute Gasteiger partial charge is 0.308 e. The van der Waals surface area contributed by atoms with Crippen LogP contribution in [0.3, 0.4) is 0 Å². The van der Waals surface area contributed by atoms with E-state index in [1.807, 2.05) is 5.32 Å². The van der Waals surface area contributed by atoms with E-state index in [1.165, 1.54) is 12.1 Å². The summed E-state index contributed by atoms with van der Waals surface area (Å²) < 4.78 is 13.3. The maximum absolute atomic E-state index is 13.3. The molecule has 0 radical (unpaired) electrons. The van der Waals surface area contributed by atoms with Crippen molar-refractivity contribution in [3.05, 3.63) is 61.8 Å². The predicted octanol–water partition coefficient (Wildman–Crippen LogP) is 5.40. The van der Waals surface area contributed by atoms with Crippen molar-refractivity contribution in [2.45, 2.75) is 0 Å². The molecule has 9 heteroatoms. The lowest BCUT2D eigenvalue weighted by Gasteiger charge is -2.10. The Kier molecular flexibility index (Phi) is 5.70. The Labute approximate surface area is 150 Å². The van der Waals surface area contributed by atoms with E-state index >= 15 is 0 Å². The van der Waals surface area contributed by atoms with Crippen LogP contribution in [0.2, 0.25) is 20.1 Å². The molecular weight excluding hydrogens is 389 g/mol. The normalized spacial score (nSPS) is 10.3. The first-order valence-electron chi connectivity index (χ1n) is 6.00. The van der Waals surface area contributed by atoms with Crippen molar-refractivity contribution in [2.24, 2.45) is 0 Å². The van der Waals surface area contributed by atoms with Gasteiger partial charge >= 0.3 is 6.03 Å². The van der Waals surface area contributed by atoms with Crippen LogP contribution in [0.25, 0.3) is 0 Å². The Morgan fingerprint density at radius 1 is 0.913 bits per heavy atom. The molecule has 2 N–H and O–H groups in total. The maximum atomic E-state index is 13.3. The Balaban J connectivity index is 2.12. The van der Waals surface area contributed by atoms with Crippen LogP contribution in [0, 0.1) is 5.82 Å². The SMILES string of the molecule is O=C(NC(=O)c1c(Cl)cccc1Cl)Nc1cc(Cl)c(F)c(Cl)c1. The Morgan fingerprint density at radius 3 is 1.96 bits per heavy atom. The number of urea groups is 1. The van der Waals surface area contributed by atoms with Crippen molar-refractivity contribution < 1.29 is 14.0 Å². The van der Waals surface area contributed by atoms with E-state index in [9.17, 15) is 14.0 Å². The van der Waals surface area contributed by atoms with Gasteiger partial charge in [-0.05, 0) is 24.3 Å². The molecular formula is C14H7Cl4FN2O2. The van der Waals surface area contributed by atoms with Gasteiger partial charge in [0.25, 0.3) is 5.91 Å². The number of imide groups is 1. The van der Waals surface area contributed by atoms with E-state index in [2.05, 4.69) is 5.32 Å². The zero-order valence-electron chi connectivity index (χ0n) is 11.1. The van der Waals surface area contributed by atoms with Crippen molar-refractivity contribution >= 4 is 64.0 Å². The summed E-state index contributed by atoms with van der Waals surface area (Å²) in [7, 11) is 0. The number of rotatable bonds is 2. The summed E-state index contributed by atoms with van der Waals surface area (Å²) >= 11 is 23.0. The van der Waals surface area contributed by atoms with E-state index in [-0.39, 0.29) is 31.3 Å². The number of benzene rings is 2. The quantitative estimate of drug-likeness (QED) is 0.668. The molecule has 0 fully saturated rings. The lowest BCUT2D eigenvalue weighted by Crippen LogP contribution is -2.34. The molecule has 0 atom stereocenters. The predicted molar refractivity (Wildman–Crippen MR) is 89.4 cm³/mol. The number of amides is 3. The summed E-state index contributed by atoms with van der Waals surface area (Å²) in [4.78, 5) is 23.8. The molecule has 0 aliphatic rings. The third-order valence-electron chi connectivity index (χ3n) is 2.66. The minimum absolute atomic E-state index is 0.0406. The highest BCUT2D eigenvalue weighted by molar-refractivity contribution is 6.40. The number of hydrogen-bond acceptors (Lipinski definition) is 2. The lowest BCUT2D eigenvalue weighted by atomic mass is 10.2. The Bertz CT molecular complexity index is 755. The molecule has 2 rings (SSSR count). The highest BCUT2D eigenvalue weighted by Crippen LogP contribution is 2.27. The van der Waals surface area contributed by atoms with E-state index in [4.69, 9.17) is 46.4 Å². The van der Waals surface area contributed by atoms with E-state index in [0.717, 1.165) is 12.1 Å². The number of nitrogens with one attached hydrogen (secondary N) is 2. The van der Waals surface area contributed by atoms with E-state index in [0.29, 0.717) is 0 Å². The molecule has 0 aromatic heterocycles. The largest absolute Gasteiger partial charge is 0.326 e. The maximum Gasteiger partial charge on any atom is 0.326 e. The van der Waals surface area contributed by atoms with Crippen molar-refractivity contribution in [3.63, 3.8) is 0 Å². The highest BCUT2D eigenvalue weighted by Gasteiger charge is 2.17. The summed E-state index contributed by atoms with van der Waals surface area (Å²) in [6.07, 6.45) is 0. The second-order valence-corrected chi connectivity index (χ2v) is 5.89. The van der Waals surface area contributed by atoms with Crippen molar-refractivity contribution in [2.75, 3.05) is 5.32 Å². The van der Waals surface area contributed by atoms with Gasteiger partial charge in [0.1, 0.15) is 0 Å². The van der Waals surface area contributed by atoms with Gasteiger partial charge in [-0.15, -0.1) is 0 Å². The number of hydrogen-bond donors (Lipinski definition) is 2. The summed E-state index contributed by atoms with van der Waals surface area (Å²) in [5, 5.41) is 3.99. The lowest BCUT2D eigenvalue weighted by molar-refractivity contribution is 0.0967. The zero-order valence-corrected chi connectivity index (χ0v) is 14.1. The first-order valence-corrected chi connectivity index (χ1v) is 7.51. The third kappa shape index (κ3) is 4.26. The monoisotopic (exact) mass is 394 g/mol. The fourth-order valence-electron chi connectivity index (χ4n) is 1.67. The highest BCUT2D eigenvalue weighted by atomic mass is 35.5. The molecule has 0 spiro atoms. The molecule has 0 aliphatic heterocycles. The molecule has 0 heterocycles. The Hall–Kier alpha value is -1.53. The minimum Gasteiger partial charge on any atom is -0.308 e. The van der Waals surface area contributed by atoms with Gasteiger partial charge < -0.3 is 5.32 Å². The topological polar surface area (TPSA) is 58.2 Å². The minimum atomic E-state index is -0.885. The molecule has 0 bridgehead atoms. The molecule has 2 aromatic rings. The van der Waals surface area contributed by atoms with Gasteiger partial charge in [-0.25, -0.2) is 9.18 Å². The van der Waals surface area contributed by atoms with Gasteiger partial charge in [-0.2, -0.15) is 0 Å². The second-order valence-electron chi connectivity index (χ2n) is 4.26. The van der Waals surface area contributed by atoms with E-state index < -0.39 is 17.8 Å². The third-order valence-corrected chi connectivity index (χ3v) is 3.84. The van der Waals surface area contributed by atoms with Crippen molar-refractivity contribution in [3.8, 4) is 0 Å². The number of anilines is 1. The van der Waals surface area contributed by atoms with Gasteiger partial charge in [-0.1, -0.05) is 52.5 Å². The molecule has 3 amide bonds. The fourth-order valence-corrected chi connectivity index (χ4v) is 2.73. The zero-order chi connectivity index (χ0) is 17.1. The molecule has 0 saturated carbocycles. The van der Waals surface area contributed by atoms with Crippen LogP contribution in [0.15, 0.2) is 30.3 Å². The molecule has 2 aromatic carbocycles. The summed E-state index contributed by atoms with van der Waals surface area (Å²) in [5.74, 6) is -1.60. The number of carbonyl (C=O) groups is 2. The van der Waals surface area contributed by atoms with Gasteiger partial charge in [0.15, 0.2) is 5.82 Å². The molecule has 0 unspecified atom stereocenters. The van der Waals surface area contributed by atoms with E-state index in [1.54, 1.807) is 6.07 Å². The molecule has 120 valence electrons. The summed E-state index contributed by atoms with van der Waals surface area (Å²) in [6.45, 7) is 0. The van der Waals surface area contributed by atoms with Gasteiger partial charge in [0, 0.05) is 5.69 Å². The summed E-state index contributed by atoms with van der Waals surface area (Å²) in [6, 6.07) is 5.89. The van der Waals surface area contributed by atoms with Crippen LogP contribution in [0.4, 0.5) is 14.9 Å². The fraction of sp³-hybridized carbons (Fsp3) is 0. The Morgan fingerprint density at radius 2 is 1.43 bits per heavy atom. The standard InChI is InChI=1S/C14H7Cl4FN2O2/c15-7-2-1-3-8(16)11(7)13(22)21-14(23)20-6-4-9(17)12(19)10(18)5-6/h1-5H,(H2,20,21,22,23). The van der Waals surface area contributed by atoms with Gasteiger partial charge in [-0.3, -0.25) is 10.1 Å². The number of halogens is 5. The average molecular weight is 396 g/mol. The first kappa shape index (κ1) is 17.8. The van der Waals surface area contributed by atoms with Crippen molar-refractivity contribution in [1.29, 1.82) is 0 Å². The first-order chi connectivity index (χ1) is 10.8. The van der Waals surface area contributed by atoms with Crippen LogP contribution < -0.4 is 10.6 Å².